The molecule has 0 saturated carbocycles. The fourth-order valence-electron chi connectivity index (χ4n) is 0.809. The molecule has 0 fully saturated rings. The summed E-state index contributed by atoms with van der Waals surface area (Å²) < 4.78 is 0. The van der Waals surface area contributed by atoms with Gasteiger partial charge in [0.1, 0.15) is 5.84 Å². The zero-order valence-corrected chi connectivity index (χ0v) is 9.17. The van der Waals surface area contributed by atoms with Gasteiger partial charge in [0.15, 0.2) is 0 Å². The average Bonchev–Trinajstić information content (AvgIpc) is 2.15. The third kappa shape index (κ3) is 5.14. The van der Waals surface area contributed by atoms with Crippen LogP contribution in [0.2, 0.25) is 0 Å². The minimum absolute atomic E-state index is 0.825. The van der Waals surface area contributed by atoms with E-state index < -0.39 is 0 Å². The Morgan fingerprint density at radius 2 is 1.79 bits per heavy atom. The van der Waals surface area contributed by atoms with Crippen LogP contribution >= 0.6 is 0 Å². The monoisotopic (exact) mass is 190 g/mol. The van der Waals surface area contributed by atoms with E-state index in [1.165, 1.54) is 11.8 Å². The van der Waals surface area contributed by atoms with Crippen molar-refractivity contribution in [2.75, 3.05) is 0 Å². The molecule has 0 aliphatic carbocycles. The molecular formula is C12H18N2. The van der Waals surface area contributed by atoms with Gasteiger partial charge in [-0.1, -0.05) is 25.3 Å². The summed E-state index contributed by atoms with van der Waals surface area (Å²) in [4.78, 5) is 3.99. The summed E-state index contributed by atoms with van der Waals surface area (Å²) in [6.07, 6.45) is 7.17. The molecule has 0 heterocycles. The lowest BCUT2D eigenvalue weighted by Crippen LogP contribution is -2.13. The van der Waals surface area contributed by atoms with Crippen LogP contribution in [0.5, 0.6) is 0 Å². The minimum Gasteiger partial charge on any atom is -0.350 e. The lowest BCUT2D eigenvalue weighted by Gasteiger charge is -2.02. The fraction of sp³-hybridized carbons (Fsp3) is 0.250. The van der Waals surface area contributed by atoms with Gasteiger partial charge in [0.25, 0.3) is 0 Å². The lowest BCUT2D eigenvalue weighted by atomic mass is 10.1. The first-order chi connectivity index (χ1) is 6.61. The third-order valence-corrected chi connectivity index (χ3v) is 1.77. The maximum atomic E-state index is 3.99. The number of hydrogen-bond donors (Lipinski definition) is 1. The Labute approximate surface area is 86.4 Å². The minimum atomic E-state index is 0.825. The van der Waals surface area contributed by atoms with Gasteiger partial charge in [-0.2, -0.15) is 0 Å². The first-order valence-electron chi connectivity index (χ1n) is 4.50. The van der Waals surface area contributed by atoms with E-state index in [1.807, 2.05) is 33.0 Å². The molecule has 0 aromatic heterocycles. The highest BCUT2D eigenvalue weighted by molar-refractivity contribution is 5.81. The Morgan fingerprint density at radius 3 is 2.29 bits per heavy atom. The fourth-order valence-corrected chi connectivity index (χ4v) is 0.809. The van der Waals surface area contributed by atoms with E-state index in [2.05, 4.69) is 23.5 Å². The zero-order chi connectivity index (χ0) is 11.0. The van der Waals surface area contributed by atoms with Gasteiger partial charge in [0.05, 0.1) is 0 Å². The Bertz CT molecular complexity index is 293. The van der Waals surface area contributed by atoms with Gasteiger partial charge in [-0.3, -0.25) is 0 Å². The first-order valence-corrected chi connectivity index (χ1v) is 4.50. The molecule has 0 saturated heterocycles. The van der Waals surface area contributed by atoms with Gasteiger partial charge in [-0.05, 0) is 31.9 Å². The van der Waals surface area contributed by atoms with E-state index >= 15 is 0 Å². The Kier molecular flexibility index (Phi) is 6.12. The molecule has 0 unspecified atom stereocenters. The second kappa shape index (κ2) is 6.89. The molecule has 0 amide bonds. The molecule has 0 atom stereocenters. The van der Waals surface area contributed by atoms with Crippen LogP contribution in [0.15, 0.2) is 53.8 Å². The predicted octanol–water partition coefficient (Wildman–Crippen LogP) is 3.17. The summed E-state index contributed by atoms with van der Waals surface area (Å²) >= 11 is 0. The number of hydrogen-bond acceptors (Lipinski definition) is 1. The molecule has 14 heavy (non-hydrogen) atoms. The summed E-state index contributed by atoms with van der Waals surface area (Å²) in [5.41, 5.74) is 2.34. The van der Waals surface area contributed by atoms with Gasteiger partial charge in [-0.15, -0.1) is 0 Å². The van der Waals surface area contributed by atoms with Gasteiger partial charge in [0.2, 0.25) is 0 Å². The molecule has 0 radical (unpaired) electrons. The number of rotatable bonds is 4. The van der Waals surface area contributed by atoms with Crippen molar-refractivity contribution in [2.24, 2.45) is 4.99 Å². The number of nitrogens with one attached hydrogen (secondary N) is 1. The van der Waals surface area contributed by atoms with Crippen molar-refractivity contribution in [3.05, 3.63) is 48.9 Å². The zero-order valence-electron chi connectivity index (χ0n) is 9.17. The van der Waals surface area contributed by atoms with Crippen LogP contribution in [-0.2, 0) is 0 Å². The van der Waals surface area contributed by atoms with E-state index in [-0.39, 0.29) is 0 Å². The van der Waals surface area contributed by atoms with Gasteiger partial charge < -0.3 is 5.32 Å². The van der Waals surface area contributed by atoms with Crippen LogP contribution in [0.1, 0.15) is 20.8 Å². The second-order valence-corrected chi connectivity index (χ2v) is 2.95. The van der Waals surface area contributed by atoms with Gasteiger partial charge >= 0.3 is 0 Å². The van der Waals surface area contributed by atoms with Crippen LogP contribution in [0, 0.1) is 0 Å². The first kappa shape index (κ1) is 12.4. The molecule has 0 aliphatic rings. The molecule has 0 bridgehead atoms. The topological polar surface area (TPSA) is 24.4 Å². The molecule has 1 N–H and O–H groups in total. The van der Waals surface area contributed by atoms with Gasteiger partial charge in [0, 0.05) is 12.4 Å². The summed E-state index contributed by atoms with van der Waals surface area (Å²) in [6.45, 7) is 13.1. The van der Waals surface area contributed by atoms with Crippen molar-refractivity contribution >= 4 is 5.84 Å². The highest BCUT2D eigenvalue weighted by atomic mass is 15.0. The van der Waals surface area contributed by atoms with Gasteiger partial charge in [-0.25, -0.2) is 4.99 Å². The molecular weight excluding hydrogens is 172 g/mol. The van der Waals surface area contributed by atoms with E-state index in [1.54, 1.807) is 6.08 Å². The standard InChI is InChI=1S/C12H18N2/c1-6-8-10(3)11(4)9-14-12(5)13-7-2/h6-9H,1-2H2,3-5H3,(H,13,14)/b10-8+,11-9-. The Balaban J connectivity index is 4.39. The molecule has 2 nitrogen and oxygen atoms in total. The van der Waals surface area contributed by atoms with Crippen LogP contribution in [0.25, 0.3) is 0 Å². The summed E-state index contributed by atoms with van der Waals surface area (Å²) in [7, 11) is 0. The lowest BCUT2D eigenvalue weighted by molar-refractivity contribution is 1.18. The van der Waals surface area contributed by atoms with Crippen LogP contribution in [-0.4, -0.2) is 5.84 Å². The maximum Gasteiger partial charge on any atom is 0.102 e. The normalized spacial score (nSPS) is 13.8. The SMILES string of the molecule is C=C/C=C(C)/C(C)=C\N/C(C)=N/C=C. The van der Waals surface area contributed by atoms with E-state index in [4.69, 9.17) is 0 Å². The molecule has 76 valence electrons. The van der Waals surface area contributed by atoms with Crippen molar-refractivity contribution in [2.45, 2.75) is 20.8 Å². The highest BCUT2D eigenvalue weighted by Gasteiger charge is 1.91. The average molecular weight is 190 g/mol. The van der Waals surface area contributed by atoms with E-state index in [0.717, 1.165) is 11.4 Å². The quantitative estimate of drug-likeness (QED) is 0.411. The molecule has 0 spiro atoms. The number of amidine groups is 1. The van der Waals surface area contributed by atoms with Crippen LogP contribution in [0.3, 0.4) is 0 Å². The van der Waals surface area contributed by atoms with Crippen molar-refractivity contribution in [3.63, 3.8) is 0 Å². The van der Waals surface area contributed by atoms with Crippen molar-refractivity contribution < 1.29 is 0 Å². The van der Waals surface area contributed by atoms with Crippen molar-refractivity contribution in [1.82, 2.24) is 5.32 Å². The molecule has 0 aromatic rings. The molecule has 2 heteroatoms. The van der Waals surface area contributed by atoms with Crippen LogP contribution < -0.4 is 5.32 Å². The Hall–Kier alpha value is -1.57. The highest BCUT2D eigenvalue weighted by Crippen LogP contribution is 2.06. The Morgan fingerprint density at radius 1 is 1.14 bits per heavy atom. The predicted molar refractivity (Wildman–Crippen MR) is 64.2 cm³/mol. The molecule has 0 aliphatic heterocycles. The summed E-state index contributed by atoms with van der Waals surface area (Å²) in [6, 6.07) is 0. The number of aliphatic imine (C=N–C) groups is 1. The number of nitrogens with zero attached hydrogens (tertiary/aromatic N) is 1. The van der Waals surface area contributed by atoms with Crippen molar-refractivity contribution in [1.29, 1.82) is 0 Å². The second-order valence-electron chi connectivity index (χ2n) is 2.95. The molecule has 0 rings (SSSR count). The summed E-state index contributed by atoms with van der Waals surface area (Å²) in [5.74, 6) is 0.825. The van der Waals surface area contributed by atoms with Crippen molar-refractivity contribution in [3.8, 4) is 0 Å². The summed E-state index contributed by atoms with van der Waals surface area (Å²) in [5, 5.41) is 3.06. The van der Waals surface area contributed by atoms with Crippen LogP contribution in [0.4, 0.5) is 0 Å². The van der Waals surface area contributed by atoms with E-state index in [0.29, 0.717) is 0 Å². The number of allylic oxidation sites excluding steroid dienone is 4. The molecule has 0 aromatic carbocycles. The smallest absolute Gasteiger partial charge is 0.102 e. The maximum absolute atomic E-state index is 3.99. The third-order valence-electron chi connectivity index (χ3n) is 1.77. The van der Waals surface area contributed by atoms with E-state index in [9.17, 15) is 0 Å². The largest absolute Gasteiger partial charge is 0.350 e.